The Balaban J connectivity index is 1.59. The van der Waals surface area contributed by atoms with E-state index in [1.165, 1.54) is 0 Å². The van der Waals surface area contributed by atoms with Crippen molar-refractivity contribution in [2.75, 3.05) is 4.90 Å². The number of benzene rings is 5. The first-order valence-electron chi connectivity index (χ1n) is 15.8. The van der Waals surface area contributed by atoms with Crippen LogP contribution in [0.4, 0.5) is 5.69 Å². The minimum absolute atomic E-state index is 0.0116. The summed E-state index contributed by atoms with van der Waals surface area (Å²) in [6.45, 7) is 3.98. The number of carbonyl (C=O) groups is 2. The van der Waals surface area contributed by atoms with Crippen molar-refractivity contribution < 1.29 is 19.4 Å². The van der Waals surface area contributed by atoms with Crippen molar-refractivity contribution in [2.24, 2.45) is 0 Å². The zero-order chi connectivity index (χ0) is 33.0. The highest BCUT2D eigenvalue weighted by molar-refractivity contribution is 6.31. The molecule has 2 unspecified atom stereocenters. The lowest BCUT2D eigenvalue weighted by Gasteiger charge is -2.46. The minimum atomic E-state index is -1.98. The molecule has 5 aromatic carbocycles. The Labute approximate surface area is 280 Å². The van der Waals surface area contributed by atoms with E-state index in [1.807, 2.05) is 122 Å². The number of ether oxygens (including phenoxy) is 1. The second kappa shape index (κ2) is 13.5. The molecule has 0 bridgehead atoms. The van der Waals surface area contributed by atoms with Crippen molar-refractivity contribution in [3.8, 4) is 0 Å². The van der Waals surface area contributed by atoms with Gasteiger partial charge >= 0.3 is 5.97 Å². The summed E-state index contributed by atoms with van der Waals surface area (Å²) in [5.41, 5.74) is 1.49. The first kappa shape index (κ1) is 32.2. The van der Waals surface area contributed by atoms with Gasteiger partial charge in [0.1, 0.15) is 0 Å². The summed E-state index contributed by atoms with van der Waals surface area (Å²) < 4.78 is 6.92. The van der Waals surface area contributed by atoms with E-state index in [0.717, 1.165) is 27.8 Å². The molecule has 0 aromatic heterocycles. The quantitative estimate of drug-likeness (QED) is 0.143. The SMILES string of the molecule is CCC(NC(c1ccccc1)c1ccccc1)(C(=O)O)C1(OCc2ccccc2C)C(=O)N(Cc2ccccc2)c2cc(Cl)ccc21. The Morgan fingerprint density at radius 2 is 1.45 bits per heavy atom. The monoisotopic (exact) mass is 644 g/mol. The number of nitrogens with zero attached hydrogens (tertiary/aromatic N) is 1. The molecule has 1 aliphatic heterocycles. The van der Waals surface area contributed by atoms with Gasteiger partial charge in [0.2, 0.25) is 5.60 Å². The average molecular weight is 645 g/mol. The maximum absolute atomic E-state index is 15.3. The van der Waals surface area contributed by atoms with Crippen molar-refractivity contribution in [1.82, 2.24) is 5.32 Å². The predicted molar refractivity (Wildman–Crippen MR) is 185 cm³/mol. The third-order valence-corrected chi connectivity index (χ3v) is 9.45. The van der Waals surface area contributed by atoms with Crippen molar-refractivity contribution in [3.63, 3.8) is 0 Å². The van der Waals surface area contributed by atoms with E-state index in [2.05, 4.69) is 5.32 Å². The molecular weight excluding hydrogens is 608 g/mol. The van der Waals surface area contributed by atoms with E-state index in [-0.39, 0.29) is 19.6 Å². The standard InChI is InChI=1S/C40H37ClN2O4/c1-3-39(38(45)46,42-36(30-18-9-5-10-19-30)31-20-11-6-12-21-31)40(47-27-32-22-14-13-15-28(32)2)34-24-23-33(41)25-35(34)43(37(40)44)26-29-16-7-4-8-17-29/h4-25,36,42H,3,26-27H2,1-2H3,(H,45,46). The fraction of sp³-hybridized carbons (Fsp3) is 0.200. The van der Waals surface area contributed by atoms with E-state index >= 15 is 4.79 Å². The Bertz CT molecular complexity index is 1830. The number of hydrogen-bond acceptors (Lipinski definition) is 4. The fourth-order valence-electron chi connectivity index (χ4n) is 6.71. The first-order chi connectivity index (χ1) is 22.8. The zero-order valence-corrected chi connectivity index (χ0v) is 27.2. The van der Waals surface area contributed by atoms with Gasteiger partial charge in [0.25, 0.3) is 5.91 Å². The van der Waals surface area contributed by atoms with Crippen LogP contribution in [-0.2, 0) is 33.1 Å². The average Bonchev–Trinajstić information content (AvgIpc) is 3.32. The van der Waals surface area contributed by atoms with Crippen LogP contribution in [0.3, 0.4) is 0 Å². The number of aliphatic carboxylic acids is 1. The van der Waals surface area contributed by atoms with Crippen molar-refractivity contribution in [2.45, 2.75) is 50.6 Å². The van der Waals surface area contributed by atoms with Gasteiger partial charge in [-0.25, -0.2) is 0 Å². The zero-order valence-electron chi connectivity index (χ0n) is 26.4. The smallest absolute Gasteiger partial charge is 0.327 e. The highest BCUT2D eigenvalue weighted by Crippen LogP contribution is 2.53. The van der Waals surface area contributed by atoms with E-state index in [1.54, 1.807) is 30.0 Å². The Hall–Kier alpha value is -4.75. The number of carboxylic acid groups (broad SMARTS) is 1. The van der Waals surface area contributed by atoms with Crippen LogP contribution in [0.2, 0.25) is 5.02 Å². The lowest BCUT2D eigenvalue weighted by atomic mass is 9.72. The lowest BCUT2D eigenvalue weighted by molar-refractivity contribution is -0.181. The summed E-state index contributed by atoms with van der Waals surface area (Å²) in [6, 6.07) is 41.3. The van der Waals surface area contributed by atoms with Gasteiger partial charge in [-0.05, 0) is 53.3 Å². The Morgan fingerprint density at radius 1 is 0.872 bits per heavy atom. The first-order valence-corrected chi connectivity index (χ1v) is 16.1. The molecule has 0 aliphatic carbocycles. The molecule has 0 saturated heterocycles. The van der Waals surface area contributed by atoms with Crippen LogP contribution in [-0.4, -0.2) is 22.5 Å². The molecule has 2 N–H and O–H groups in total. The summed E-state index contributed by atoms with van der Waals surface area (Å²) in [5, 5.41) is 15.5. The largest absolute Gasteiger partial charge is 0.480 e. The molecule has 7 heteroatoms. The number of carbonyl (C=O) groups excluding carboxylic acids is 1. The molecule has 0 radical (unpaired) electrons. The normalized spacial score (nSPS) is 17.0. The van der Waals surface area contributed by atoms with Crippen LogP contribution in [0.15, 0.2) is 133 Å². The topological polar surface area (TPSA) is 78.9 Å². The number of aryl methyl sites for hydroxylation is 1. The minimum Gasteiger partial charge on any atom is -0.480 e. The van der Waals surface area contributed by atoms with Crippen LogP contribution in [0.5, 0.6) is 0 Å². The van der Waals surface area contributed by atoms with Crippen LogP contribution < -0.4 is 10.2 Å². The van der Waals surface area contributed by atoms with Gasteiger partial charge in [-0.3, -0.25) is 14.9 Å². The fourth-order valence-corrected chi connectivity index (χ4v) is 6.88. The Morgan fingerprint density at radius 3 is 2.02 bits per heavy atom. The number of fused-ring (bicyclic) bond motifs is 1. The third-order valence-electron chi connectivity index (χ3n) is 9.22. The summed E-state index contributed by atoms with van der Waals surface area (Å²) in [4.78, 5) is 31.0. The molecule has 0 saturated carbocycles. The maximum Gasteiger partial charge on any atom is 0.327 e. The van der Waals surface area contributed by atoms with Crippen molar-refractivity contribution >= 4 is 29.2 Å². The van der Waals surface area contributed by atoms with Crippen LogP contribution in [0, 0.1) is 6.92 Å². The van der Waals surface area contributed by atoms with Gasteiger partial charge in [-0.1, -0.05) is 140 Å². The summed E-state index contributed by atoms with van der Waals surface area (Å²) in [7, 11) is 0. The van der Waals surface area contributed by atoms with Gasteiger partial charge in [-0.15, -0.1) is 0 Å². The van der Waals surface area contributed by atoms with Gasteiger partial charge in [0.15, 0.2) is 5.54 Å². The summed E-state index contributed by atoms with van der Waals surface area (Å²) >= 11 is 6.57. The van der Waals surface area contributed by atoms with E-state index < -0.39 is 29.1 Å². The van der Waals surface area contributed by atoms with Crippen molar-refractivity contribution in [3.05, 3.63) is 172 Å². The summed E-state index contributed by atoms with van der Waals surface area (Å²) in [6.07, 6.45) is 0.0270. The Kier molecular flexibility index (Phi) is 9.28. The molecule has 1 amide bonds. The van der Waals surface area contributed by atoms with E-state index in [4.69, 9.17) is 16.3 Å². The number of carboxylic acids is 1. The molecule has 2 atom stereocenters. The molecule has 238 valence electrons. The lowest BCUT2D eigenvalue weighted by Crippen LogP contribution is -2.70. The van der Waals surface area contributed by atoms with E-state index in [0.29, 0.717) is 16.3 Å². The van der Waals surface area contributed by atoms with Gasteiger partial charge < -0.3 is 14.7 Å². The van der Waals surface area contributed by atoms with Gasteiger partial charge in [-0.2, -0.15) is 0 Å². The molecule has 6 nitrogen and oxygen atoms in total. The molecule has 1 heterocycles. The molecule has 6 rings (SSSR count). The number of hydrogen-bond donors (Lipinski definition) is 2. The maximum atomic E-state index is 15.3. The second-order valence-electron chi connectivity index (χ2n) is 11.9. The predicted octanol–water partition coefficient (Wildman–Crippen LogP) is 8.22. The number of amides is 1. The van der Waals surface area contributed by atoms with E-state index in [9.17, 15) is 9.90 Å². The molecule has 0 spiro atoms. The number of anilines is 1. The van der Waals surface area contributed by atoms with Gasteiger partial charge in [0.05, 0.1) is 24.9 Å². The highest BCUT2D eigenvalue weighted by atomic mass is 35.5. The summed E-state index contributed by atoms with van der Waals surface area (Å²) in [5.74, 6) is -1.67. The third kappa shape index (κ3) is 5.85. The number of nitrogens with one attached hydrogen (secondary N) is 1. The van der Waals surface area contributed by atoms with Crippen LogP contribution in [0.25, 0.3) is 0 Å². The molecule has 47 heavy (non-hydrogen) atoms. The van der Waals surface area contributed by atoms with Crippen LogP contribution >= 0.6 is 11.6 Å². The number of rotatable bonds is 12. The number of halogens is 1. The molecule has 0 fully saturated rings. The van der Waals surface area contributed by atoms with Crippen molar-refractivity contribution in [1.29, 1.82) is 0 Å². The van der Waals surface area contributed by atoms with Gasteiger partial charge in [0, 0.05) is 10.6 Å². The van der Waals surface area contributed by atoms with Crippen LogP contribution in [0.1, 0.15) is 52.8 Å². The second-order valence-corrected chi connectivity index (χ2v) is 12.3. The molecule has 1 aliphatic rings. The molecule has 5 aromatic rings. The molecular formula is C40H37ClN2O4. The highest BCUT2D eigenvalue weighted by Gasteiger charge is 2.68.